The molecule has 3 aromatic carbocycles. The van der Waals surface area contributed by atoms with Gasteiger partial charge in [-0.1, -0.05) is 38.1 Å². The third-order valence-corrected chi connectivity index (χ3v) is 7.40. The first kappa shape index (κ1) is 28.0. The van der Waals surface area contributed by atoms with E-state index in [2.05, 4.69) is 10.6 Å². The number of amides is 3. The van der Waals surface area contributed by atoms with Crippen LogP contribution in [0.15, 0.2) is 60.7 Å². The fraction of sp³-hybridized carbons (Fsp3) is 0.344. The average molecular weight is 558 g/mol. The van der Waals surface area contributed by atoms with Gasteiger partial charge in [-0.3, -0.25) is 14.4 Å². The van der Waals surface area contributed by atoms with Gasteiger partial charge in [-0.05, 0) is 65.6 Å². The summed E-state index contributed by atoms with van der Waals surface area (Å²) in [5, 5.41) is 6.00. The summed E-state index contributed by atoms with van der Waals surface area (Å²) in [6, 6.07) is 18.0. The highest BCUT2D eigenvalue weighted by atomic mass is 16.5. The van der Waals surface area contributed by atoms with E-state index < -0.39 is 12.1 Å². The van der Waals surface area contributed by atoms with Crippen LogP contribution in [0.2, 0.25) is 0 Å². The van der Waals surface area contributed by atoms with E-state index >= 15 is 0 Å². The number of fused-ring (bicyclic) bond motifs is 7. The molecule has 6 bridgehead atoms. The normalized spacial score (nSPS) is 19.0. The van der Waals surface area contributed by atoms with E-state index in [-0.39, 0.29) is 36.8 Å². The molecular formula is C32H35N3O6. The molecule has 3 amide bonds. The quantitative estimate of drug-likeness (QED) is 0.498. The Morgan fingerprint density at radius 3 is 2.63 bits per heavy atom. The van der Waals surface area contributed by atoms with E-state index in [1.54, 1.807) is 36.3 Å². The number of aryl methyl sites for hydroxylation is 1. The molecule has 3 heterocycles. The summed E-state index contributed by atoms with van der Waals surface area (Å²) in [7, 11) is 1.54. The van der Waals surface area contributed by atoms with Crippen LogP contribution < -0.4 is 24.8 Å². The third kappa shape index (κ3) is 6.29. The number of nitrogens with zero attached hydrogens (tertiary/aromatic N) is 1. The standard InChI is InChI=1S/C32H35N3O6/c1-19(2)32(38)35-16-26-29(17-35)41-27-11-9-21(12-28(27)39-4)15-33-30(36)18-40-24-7-5-6-22(13-24)25-14-23(31(37)34-26)10-8-20(25)3/h5-14,19,26,29H,15-18H2,1-4H3,(H,33,36)(H,34,37)/t26-,29-/m0/s1. The van der Waals surface area contributed by atoms with Gasteiger partial charge < -0.3 is 29.7 Å². The van der Waals surface area contributed by atoms with Crippen LogP contribution in [0.1, 0.15) is 35.3 Å². The van der Waals surface area contributed by atoms with Crippen LogP contribution in [-0.2, 0) is 16.1 Å². The molecule has 1 fully saturated rings. The molecule has 0 saturated carbocycles. The Balaban J connectivity index is 1.52. The lowest BCUT2D eigenvalue weighted by atomic mass is 9.97. The van der Waals surface area contributed by atoms with Crippen LogP contribution in [0, 0.1) is 12.8 Å². The predicted octanol–water partition coefficient (Wildman–Crippen LogP) is 3.72. The zero-order chi connectivity index (χ0) is 29.1. The van der Waals surface area contributed by atoms with Gasteiger partial charge in [-0.2, -0.15) is 0 Å². The van der Waals surface area contributed by atoms with Gasteiger partial charge in [0.15, 0.2) is 18.1 Å². The van der Waals surface area contributed by atoms with Crippen LogP contribution in [-0.4, -0.2) is 61.6 Å². The molecule has 0 aromatic heterocycles. The van der Waals surface area contributed by atoms with Crippen molar-refractivity contribution in [3.63, 3.8) is 0 Å². The molecule has 9 nitrogen and oxygen atoms in total. The Kier molecular flexibility index (Phi) is 8.14. The lowest BCUT2D eigenvalue weighted by Crippen LogP contribution is -2.45. The van der Waals surface area contributed by atoms with Crippen LogP contribution in [0.25, 0.3) is 11.1 Å². The molecule has 0 spiro atoms. The summed E-state index contributed by atoms with van der Waals surface area (Å²) in [4.78, 5) is 40.7. The van der Waals surface area contributed by atoms with Gasteiger partial charge in [0.05, 0.1) is 19.7 Å². The molecule has 214 valence electrons. The SMILES string of the molecule is COc1cc2ccc1O[C@H]1CN(C(=O)C(C)C)C[C@@H]1NC(=O)c1ccc(C)c(c1)-c1cccc(c1)OCC(=O)NC2. The average Bonchev–Trinajstić information content (AvgIpc) is 3.36. The zero-order valence-corrected chi connectivity index (χ0v) is 23.7. The molecule has 9 heteroatoms. The van der Waals surface area contributed by atoms with Gasteiger partial charge in [0.1, 0.15) is 11.9 Å². The fourth-order valence-corrected chi connectivity index (χ4v) is 5.14. The molecule has 3 aromatic rings. The fourth-order valence-electron chi connectivity index (χ4n) is 5.14. The number of carbonyl (C=O) groups is 3. The van der Waals surface area contributed by atoms with Gasteiger partial charge in [0, 0.05) is 24.6 Å². The van der Waals surface area contributed by atoms with Crippen molar-refractivity contribution in [1.29, 1.82) is 0 Å². The Morgan fingerprint density at radius 1 is 1.02 bits per heavy atom. The molecule has 1 saturated heterocycles. The minimum atomic E-state index is -0.495. The highest BCUT2D eigenvalue weighted by Crippen LogP contribution is 2.32. The van der Waals surface area contributed by atoms with Gasteiger partial charge >= 0.3 is 0 Å². The summed E-state index contributed by atoms with van der Waals surface area (Å²) in [6.07, 6.45) is -0.495. The molecule has 6 rings (SSSR count). The first-order valence-electron chi connectivity index (χ1n) is 13.8. The van der Waals surface area contributed by atoms with Gasteiger partial charge in [-0.25, -0.2) is 0 Å². The Labute approximate surface area is 239 Å². The van der Waals surface area contributed by atoms with E-state index in [9.17, 15) is 14.4 Å². The minimum Gasteiger partial charge on any atom is -0.493 e. The molecule has 41 heavy (non-hydrogen) atoms. The molecule has 2 N–H and O–H groups in total. The third-order valence-electron chi connectivity index (χ3n) is 7.40. The molecule has 0 aliphatic carbocycles. The second-order valence-electron chi connectivity index (χ2n) is 10.7. The van der Waals surface area contributed by atoms with Crippen molar-refractivity contribution in [3.05, 3.63) is 77.4 Å². The second kappa shape index (κ2) is 11.9. The number of benzene rings is 3. The largest absolute Gasteiger partial charge is 0.493 e. The predicted molar refractivity (Wildman–Crippen MR) is 154 cm³/mol. The second-order valence-corrected chi connectivity index (χ2v) is 10.7. The number of rotatable bonds is 2. The minimum absolute atomic E-state index is 0.00125. The Morgan fingerprint density at radius 2 is 1.85 bits per heavy atom. The number of methoxy groups -OCH3 is 1. The van der Waals surface area contributed by atoms with Crippen molar-refractivity contribution in [2.45, 2.75) is 39.5 Å². The molecule has 0 unspecified atom stereocenters. The number of likely N-dealkylation sites (tertiary alicyclic amines) is 1. The summed E-state index contributed by atoms with van der Waals surface area (Å²) < 4.78 is 17.8. The maximum Gasteiger partial charge on any atom is 0.258 e. The molecule has 0 radical (unpaired) electrons. The molecule has 3 aliphatic rings. The number of hydrogen-bond acceptors (Lipinski definition) is 6. The van der Waals surface area contributed by atoms with Crippen LogP contribution in [0.4, 0.5) is 0 Å². The number of nitrogens with one attached hydrogen (secondary N) is 2. The lowest BCUT2D eigenvalue weighted by Gasteiger charge is -2.23. The van der Waals surface area contributed by atoms with E-state index in [1.807, 2.05) is 57.2 Å². The van der Waals surface area contributed by atoms with Gasteiger partial charge in [-0.15, -0.1) is 0 Å². The first-order chi connectivity index (χ1) is 19.7. The van der Waals surface area contributed by atoms with E-state index in [4.69, 9.17) is 14.2 Å². The van der Waals surface area contributed by atoms with Crippen molar-refractivity contribution >= 4 is 17.7 Å². The number of ether oxygens (including phenoxy) is 3. The number of hydrogen-bond donors (Lipinski definition) is 2. The van der Waals surface area contributed by atoms with Crippen molar-refractivity contribution < 1.29 is 28.6 Å². The first-order valence-corrected chi connectivity index (χ1v) is 13.8. The highest BCUT2D eigenvalue weighted by Gasteiger charge is 2.39. The van der Waals surface area contributed by atoms with Gasteiger partial charge in [0.25, 0.3) is 11.8 Å². The Hall–Kier alpha value is -4.53. The Bertz CT molecular complexity index is 1470. The van der Waals surface area contributed by atoms with E-state index in [0.717, 1.165) is 22.3 Å². The topological polar surface area (TPSA) is 106 Å². The van der Waals surface area contributed by atoms with Crippen molar-refractivity contribution in [2.75, 3.05) is 26.8 Å². The highest BCUT2D eigenvalue weighted by molar-refractivity contribution is 5.96. The monoisotopic (exact) mass is 557 g/mol. The van der Waals surface area contributed by atoms with E-state index in [0.29, 0.717) is 35.9 Å². The smallest absolute Gasteiger partial charge is 0.258 e. The molecular weight excluding hydrogens is 522 g/mol. The summed E-state index contributed by atoms with van der Waals surface area (Å²) >= 11 is 0. The molecule has 2 atom stereocenters. The van der Waals surface area contributed by atoms with Gasteiger partial charge in [0.2, 0.25) is 5.91 Å². The maximum absolute atomic E-state index is 13.6. The van der Waals surface area contributed by atoms with Crippen LogP contribution >= 0.6 is 0 Å². The zero-order valence-electron chi connectivity index (χ0n) is 23.7. The van der Waals surface area contributed by atoms with Crippen LogP contribution in [0.5, 0.6) is 17.2 Å². The van der Waals surface area contributed by atoms with Crippen molar-refractivity contribution in [3.8, 4) is 28.4 Å². The van der Waals surface area contributed by atoms with Crippen molar-refractivity contribution in [2.24, 2.45) is 5.92 Å². The summed E-state index contributed by atoms with van der Waals surface area (Å²) in [5.74, 6) is 0.816. The molecule has 3 aliphatic heterocycles. The summed E-state index contributed by atoms with van der Waals surface area (Å²) in [5.41, 5.74) is 4.04. The maximum atomic E-state index is 13.6. The number of carbonyl (C=O) groups excluding carboxylic acids is 3. The van der Waals surface area contributed by atoms with Crippen LogP contribution in [0.3, 0.4) is 0 Å². The van der Waals surface area contributed by atoms with E-state index in [1.165, 1.54) is 0 Å². The summed E-state index contributed by atoms with van der Waals surface area (Å²) in [6.45, 7) is 6.49. The van der Waals surface area contributed by atoms with Crippen molar-refractivity contribution in [1.82, 2.24) is 15.5 Å². The lowest BCUT2D eigenvalue weighted by molar-refractivity contribution is -0.133.